The standard InChI is InChI=1S/C13H13N3O/c14-8-9-1-5-12(6-2-9)16-13(17)10-3-4-11(15)7-10/h1-6,10-11H,7,15H2,(H,16,17). The van der Waals surface area contributed by atoms with Gasteiger partial charge in [0.1, 0.15) is 0 Å². The fourth-order valence-electron chi connectivity index (χ4n) is 1.78. The number of nitrogens with one attached hydrogen (secondary N) is 1. The van der Waals surface area contributed by atoms with E-state index in [9.17, 15) is 4.79 Å². The molecular formula is C13H13N3O. The lowest BCUT2D eigenvalue weighted by Crippen LogP contribution is -2.23. The van der Waals surface area contributed by atoms with Gasteiger partial charge in [-0.05, 0) is 30.7 Å². The zero-order chi connectivity index (χ0) is 12.3. The van der Waals surface area contributed by atoms with Crippen LogP contribution in [0.1, 0.15) is 12.0 Å². The molecular weight excluding hydrogens is 214 g/mol. The molecule has 3 N–H and O–H groups in total. The highest BCUT2D eigenvalue weighted by atomic mass is 16.1. The van der Waals surface area contributed by atoms with Crippen molar-refractivity contribution in [1.29, 1.82) is 5.26 Å². The number of amides is 1. The van der Waals surface area contributed by atoms with Crippen LogP contribution in [0.5, 0.6) is 0 Å². The molecule has 0 aromatic heterocycles. The quantitative estimate of drug-likeness (QED) is 0.749. The molecule has 2 atom stereocenters. The normalized spacial score (nSPS) is 22.1. The highest BCUT2D eigenvalue weighted by Gasteiger charge is 2.22. The zero-order valence-electron chi connectivity index (χ0n) is 9.26. The number of nitriles is 1. The van der Waals surface area contributed by atoms with E-state index < -0.39 is 0 Å². The number of hydrogen-bond donors (Lipinski definition) is 2. The number of carbonyl (C=O) groups excluding carboxylic acids is 1. The lowest BCUT2D eigenvalue weighted by Gasteiger charge is -2.10. The molecule has 0 aliphatic heterocycles. The molecule has 86 valence electrons. The monoisotopic (exact) mass is 227 g/mol. The van der Waals surface area contributed by atoms with E-state index in [1.54, 1.807) is 24.3 Å². The maximum Gasteiger partial charge on any atom is 0.231 e. The lowest BCUT2D eigenvalue weighted by atomic mass is 10.1. The maximum atomic E-state index is 11.8. The fraction of sp³-hybridized carbons (Fsp3) is 0.231. The number of nitrogens with two attached hydrogens (primary N) is 1. The van der Waals surface area contributed by atoms with Crippen molar-refractivity contribution in [3.05, 3.63) is 42.0 Å². The van der Waals surface area contributed by atoms with Crippen molar-refractivity contribution in [1.82, 2.24) is 0 Å². The second-order valence-electron chi connectivity index (χ2n) is 4.07. The van der Waals surface area contributed by atoms with Gasteiger partial charge < -0.3 is 11.1 Å². The molecule has 0 spiro atoms. The van der Waals surface area contributed by atoms with Gasteiger partial charge in [0.25, 0.3) is 0 Å². The van der Waals surface area contributed by atoms with E-state index in [1.165, 1.54) is 0 Å². The number of hydrogen-bond acceptors (Lipinski definition) is 3. The third-order valence-corrected chi connectivity index (χ3v) is 2.74. The Bertz CT molecular complexity index is 484. The van der Waals surface area contributed by atoms with Crippen LogP contribution < -0.4 is 11.1 Å². The molecule has 17 heavy (non-hydrogen) atoms. The molecule has 1 aromatic carbocycles. The third kappa shape index (κ3) is 2.71. The molecule has 0 saturated heterocycles. The van der Waals surface area contributed by atoms with E-state index in [0.29, 0.717) is 17.7 Å². The van der Waals surface area contributed by atoms with Gasteiger partial charge in [0.05, 0.1) is 17.6 Å². The summed E-state index contributed by atoms with van der Waals surface area (Å²) in [5, 5.41) is 11.5. The minimum Gasteiger partial charge on any atom is -0.326 e. The molecule has 4 heteroatoms. The second kappa shape index (κ2) is 4.81. The SMILES string of the molecule is N#Cc1ccc(NC(=O)C2C=CC(N)C2)cc1. The van der Waals surface area contributed by atoms with Gasteiger partial charge in [0.2, 0.25) is 5.91 Å². The summed E-state index contributed by atoms with van der Waals surface area (Å²) >= 11 is 0. The maximum absolute atomic E-state index is 11.8. The fourth-order valence-corrected chi connectivity index (χ4v) is 1.78. The Hall–Kier alpha value is -2.12. The molecule has 1 amide bonds. The summed E-state index contributed by atoms with van der Waals surface area (Å²) in [6, 6.07) is 8.79. The summed E-state index contributed by atoms with van der Waals surface area (Å²) in [6.07, 6.45) is 4.34. The molecule has 1 aliphatic carbocycles. The Morgan fingerprint density at radius 2 is 2.06 bits per heavy atom. The molecule has 0 saturated carbocycles. The number of nitrogens with zero attached hydrogens (tertiary/aromatic N) is 1. The van der Waals surface area contributed by atoms with E-state index in [4.69, 9.17) is 11.0 Å². The van der Waals surface area contributed by atoms with Crippen LogP contribution in [-0.2, 0) is 4.79 Å². The summed E-state index contributed by atoms with van der Waals surface area (Å²) in [5.41, 5.74) is 6.96. The van der Waals surface area contributed by atoms with Crippen molar-refractivity contribution in [2.45, 2.75) is 12.5 Å². The molecule has 2 rings (SSSR count). The number of anilines is 1. The summed E-state index contributed by atoms with van der Waals surface area (Å²) < 4.78 is 0. The largest absolute Gasteiger partial charge is 0.326 e. The van der Waals surface area contributed by atoms with Gasteiger partial charge in [-0.25, -0.2) is 0 Å². The molecule has 1 aliphatic rings. The van der Waals surface area contributed by atoms with Crippen LogP contribution in [0.15, 0.2) is 36.4 Å². The van der Waals surface area contributed by atoms with Crippen LogP contribution in [0.2, 0.25) is 0 Å². The van der Waals surface area contributed by atoms with Crippen LogP contribution in [0, 0.1) is 17.2 Å². The third-order valence-electron chi connectivity index (χ3n) is 2.74. The minimum atomic E-state index is -0.152. The van der Waals surface area contributed by atoms with E-state index in [1.807, 2.05) is 18.2 Å². The van der Waals surface area contributed by atoms with Crippen LogP contribution in [0.3, 0.4) is 0 Å². The van der Waals surface area contributed by atoms with Crippen LogP contribution in [0.4, 0.5) is 5.69 Å². The first kappa shape index (κ1) is 11.4. The topological polar surface area (TPSA) is 78.9 Å². The van der Waals surface area contributed by atoms with Crippen molar-refractivity contribution in [3.63, 3.8) is 0 Å². The van der Waals surface area contributed by atoms with Crippen LogP contribution in [0.25, 0.3) is 0 Å². The van der Waals surface area contributed by atoms with E-state index in [-0.39, 0.29) is 17.9 Å². The smallest absolute Gasteiger partial charge is 0.231 e. The summed E-state index contributed by atoms with van der Waals surface area (Å²) in [7, 11) is 0. The van der Waals surface area contributed by atoms with Crippen LogP contribution >= 0.6 is 0 Å². The molecule has 0 heterocycles. The molecule has 4 nitrogen and oxygen atoms in total. The first-order valence-electron chi connectivity index (χ1n) is 5.44. The van der Waals surface area contributed by atoms with Gasteiger partial charge in [-0.1, -0.05) is 12.2 Å². The summed E-state index contributed by atoms with van der Waals surface area (Å²) in [5.74, 6) is -0.209. The van der Waals surface area contributed by atoms with Gasteiger partial charge in [-0.15, -0.1) is 0 Å². The highest BCUT2D eigenvalue weighted by molar-refractivity contribution is 5.94. The predicted molar refractivity (Wildman–Crippen MR) is 65.0 cm³/mol. The van der Waals surface area contributed by atoms with Crippen molar-refractivity contribution in [2.75, 3.05) is 5.32 Å². The number of carbonyl (C=O) groups is 1. The van der Waals surface area contributed by atoms with E-state index in [2.05, 4.69) is 5.32 Å². The van der Waals surface area contributed by atoms with E-state index >= 15 is 0 Å². The Kier molecular flexibility index (Phi) is 3.22. The van der Waals surface area contributed by atoms with Crippen molar-refractivity contribution < 1.29 is 4.79 Å². The average molecular weight is 227 g/mol. The Morgan fingerprint density at radius 1 is 1.35 bits per heavy atom. The molecule has 0 radical (unpaired) electrons. The van der Waals surface area contributed by atoms with Gasteiger partial charge in [-0.2, -0.15) is 5.26 Å². The van der Waals surface area contributed by atoms with Crippen molar-refractivity contribution >= 4 is 11.6 Å². The zero-order valence-corrected chi connectivity index (χ0v) is 9.26. The first-order chi connectivity index (χ1) is 8.19. The van der Waals surface area contributed by atoms with Gasteiger partial charge in [0, 0.05) is 11.7 Å². The summed E-state index contributed by atoms with van der Waals surface area (Å²) in [4.78, 5) is 11.8. The van der Waals surface area contributed by atoms with Gasteiger partial charge in [-0.3, -0.25) is 4.79 Å². The van der Waals surface area contributed by atoms with Crippen LogP contribution in [-0.4, -0.2) is 11.9 Å². The van der Waals surface area contributed by atoms with Crippen molar-refractivity contribution in [2.24, 2.45) is 11.7 Å². The Balaban J connectivity index is 1.99. The Morgan fingerprint density at radius 3 is 2.59 bits per heavy atom. The molecule has 2 unspecified atom stereocenters. The summed E-state index contributed by atoms with van der Waals surface area (Å²) in [6.45, 7) is 0. The lowest BCUT2D eigenvalue weighted by molar-refractivity contribution is -0.118. The molecule has 0 fully saturated rings. The predicted octanol–water partition coefficient (Wildman–Crippen LogP) is 1.40. The average Bonchev–Trinajstić information content (AvgIpc) is 2.77. The highest BCUT2D eigenvalue weighted by Crippen LogP contribution is 2.19. The van der Waals surface area contributed by atoms with Gasteiger partial charge >= 0.3 is 0 Å². The number of benzene rings is 1. The molecule has 1 aromatic rings. The molecule has 0 bridgehead atoms. The Labute approximate surface area is 99.7 Å². The second-order valence-corrected chi connectivity index (χ2v) is 4.07. The number of rotatable bonds is 2. The van der Waals surface area contributed by atoms with E-state index in [0.717, 1.165) is 0 Å². The van der Waals surface area contributed by atoms with Gasteiger partial charge in [0.15, 0.2) is 0 Å². The first-order valence-corrected chi connectivity index (χ1v) is 5.44. The minimum absolute atomic E-state index is 0.0216. The van der Waals surface area contributed by atoms with Crippen molar-refractivity contribution in [3.8, 4) is 6.07 Å².